The molecule has 0 aromatic rings. The van der Waals surface area contributed by atoms with E-state index in [9.17, 15) is 14.4 Å². The number of nitrogens with zero attached hydrogens (tertiary/aromatic N) is 2. The van der Waals surface area contributed by atoms with E-state index in [2.05, 4.69) is 10.6 Å². The Balaban J connectivity index is 1.70. The summed E-state index contributed by atoms with van der Waals surface area (Å²) >= 11 is 0. The molecule has 2 fully saturated rings. The maximum absolute atomic E-state index is 12.5. The van der Waals surface area contributed by atoms with Crippen LogP contribution in [0.3, 0.4) is 0 Å². The number of urea groups is 1. The van der Waals surface area contributed by atoms with Gasteiger partial charge in [-0.05, 0) is 44.6 Å². The van der Waals surface area contributed by atoms with Gasteiger partial charge in [0, 0.05) is 38.1 Å². The van der Waals surface area contributed by atoms with Gasteiger partial charge in [0.25, 0.3) is 0 Å². The number of hydrogen-bond acceptors (Lipinski definition) is 4. The number of carboxylic acids is 1. The molecule has 0 bridgehead atoms. The van der Waals surface area contributed by atoms with Crippen molar-refractivity contribution in [2.24, 2.45) is 5.92 Å². The second-order valence-electron chi connectivity index (χ2n) is 7.74. The van der Waals surface area contributed by atoms with Crippen LogP contribution in [0, 0.1) is 5.92 Å². The third kappa shape index (κ3) is 6.68. The first-order chi connectivity index (χ1) is 12.9. The van der Waals surface area contributed by atoms with Crippen molar-refractivity contribution < 1.29 is 19.5 Å². The van der Waals surface area contributed by atoms with Crippen LogP contribution in [0.2, 0.25) is 0 Å². The average Bonchev–Trinajstić information content (AvgIpc) is 2.61. The standard InChI is InChI=1S/C19H34N4O4/c1-3-6-17(24)20-11-14-7-5-8-23(12-14)19(27)21-15-9-16(10-15)22(4-2)13-18(25)26/h14-16H,3-13H2,1-2H3,(H,20,24)(H,21,27)(H,25,26). The number of piperidine rings is 1. The van der Waals surface area contributed by atoms with Crippen LogP contribution in [0.4, 0.5) is 4.79 Å². The molecule has 27 heavy (non-hydrogen) atoms. The zero-order chi connectivity index (χ0) is 19.8. The van der Waals surface area contributed by atoms with Crippen molar-refractivity contribution in [3.63, 3.8) is 0 Å². The summed E-state index contributed by atoms with van der Waals surface area (Å²) in [5.41, 5.74) is 0. The minimum Gasteiger partial charge on any atom is -0.480 e. The fourth-order valence-corrected chi connectivity index (χ4v) is 3.93. The van der Waals surface area contributed by atoms with Gasteiger partial charge in [0.1, 0.15) is 0 Å². The van der Waals surface area contributed by atoms with E-state index in [0.29, 0.717) is 32.0 Å². The number of carbonyl (C=O) groups is 3. The van der Waals surface area contributed by atoms with Crippen molar-refractivity contribution >= 4 is 17.9 Å². The molecular formula is C19H34N4O4. The van der Waals surface area contributed by atoms with Gasteiger partial charge in [-0.15, -0.1) is 0 Å². The maximum Gasteiger partial charge on any atom is 0.317 e. The summed E-state index contributed by atoms with van der Waals surface area (Å²) in [6, 6.07) is 0.318. The monoisotopic (exact) mass is 382 g/mol. The van der Waals surface area contributed by atoms with Gasteiger partial charge in [-0.2, -0.15) is 0 Å². The fourth-order valence-electron chi connectivity index (χ4n) is 3.93. The fraction of sp³-hybridized carbons (Fsp3) is 0.842. The number of aliphatic carboxylic acids is 1. The molecule has 0 radical (unpaired) electrons. The van der Waals surface area contributed by atoms with E-state index in [1.807, 2.05) is 23.6 Å². The lowest BCUT2D eigenvalue weighted by molar-refractivity contribution is -0.139. The second-order valence-corrected chi connectivity index (χ2v) is 7.74. The zero-order valence-electron chi connectivity index (χ0n) is 16.6. The summed E-state index contributed by atoms with van der Waals surface area (Å²) in [7, 11) is 0. The summed E-state index contributed by atoms with van der Waals surface area (Å²) in [4.78, 5) is 38.8. The molecule has 1 atom stereocenters. The molecule has 1 aliphatic heterocycles. The highest BCUT2D eigenvalue weighted by atomic mass is 16.4. The van der Waals surface area contributed by atoms with Gasteiger partial charge >= 0.3 is 12.0 Å². The van der Waals surface area contributed by atoms with E-state index in [-0.39, 0.29) is 30.6 Å². The predicted octanol–water partition coefficient (Wildman–Crippen LogP) is 1.26. The lowest BCUT2D eigenvalue weighted by Crippen LogP contribution is -2.57. The van der Waals surface area contributed by atoms with Gasteiger partial charge < -0.3 is 20.6 Å². The Morgan fingerprint density at radius 1 is 1.22 bits per heavy atom. The zero-order valence-corrected chi connectivity index (χ0v) is 16.6. The third-order valence-corrected chi connectivity index (χ3v) is 5.57. The largest absolute Gasteiger partial charge is 0.480 e. The predicted molar refractivity (Wildman–Crippen MR) is 102 cm³/mol. The molecule has 1 aliphatic carbocycles. The van der Waals surface area contributed by atoms with Crippen LogP contribution in [0.25, 0.3) is 0 Å². The molecule has 154 valence electrons. The molecule has 1 unspecified atom stereocenters. The van der Waals surface area contributed by atoms with E-state index in [4.69, 9.17) is 5.11 Å². The van der Waals surface area contributed by atoms with Crippen molar-refractivity contribution in [2.75, 3.05) is 32.7 Å². The highest BCUT2D eigenvalue weighted by Gasteiger charge is 2.36. The lowest BCUT2D eigenvalue weighted by Gasteiger charge is -2.43. The van der Waals surface area contributed by atoms with Crippen molar-refractivity contribution in [2.45, 2.75) is 64.5 Å². The maximum atomic E-state index is 12.5. The first kappa shape index (κ1) is 21.5. The number of carboxylic acid groups (broad SMARTS) is 1. The van der Waals surface area contributed by atoms with Crippen LogP contribution in [-0.2, 0) is 9.59 Å². The Kier molecular flexibility index (Phi) is 8.34. The van der Waals surface area contributed by atoms with Crippen molar-refractivity contribution in [3.8, 4) is 0 Å². The smallest absolute Gasteiger partial charge is 0.317 e. The first-order valence-electron chi connectivity index (χ1n) is 10.2. The number of likely N-dealkylation sites (N-methyl/N-ethyl adjacent to an activating group) is 1. The topological polar surface area (TPSA) is 102 Å². The molecular weight excluding hydrogens is 348 g/mol. The highest BCUT2D eigenvalue weighted by Crippen LogP contribution is 2.26. The Morgan fingerprint density at radius 3 is 2.59 bits per heavy atom. The van der Waals surface area contributed by atoms with Crippen molar-refractivity contribution in [1.82, 2.24) is 20.4 Å². The second kappa shape index (κ2) is 10.5. The molecule has 3 amide bonds. The molecule has 2 aliphatic rings. The average molecular weight is 383 g/mol. The van der Waals surface area contributed by atoms with Crippen LogP contribution in [0.1, 0.15) is 52.4 Å². The molecule has 2 rings (SSSR count). The Hall–Kier alpha value is -1.83. The van der Waals surface area contributed by atoms with E-state index >= 15 is 0 Å². The molecule has 1 saturated carbocycles. The minimum atomic E-state index is -0.810. The van der Waals surface area contributed by atoms with E-state index in [1.165, 1.54) is 0 Å². The molecule has 8 nitrogen and oxygen atoms in total. The Bertz CT molecular complexity index is 522. The molecule has 0 aromatic heterocycles. The summed E-state index contributed by atoms with van der Waals surface area (Å²) in [5.74, 6) is -0.415. The molecule has 1 heterocycles. The van der Waals surface area contributed by atoms with Gasteiger partial charge in [-0.3, -0.25) is 14.5 Å². The first-order valence-corrected chi connectivity index (χ1v) is 10.2. The lowest BCUT2D eigenvalue weighted by atomic mass is 9.85. The van der Waals surface area contributed by atoms with E-state index in [0.717, 1.165) is 38.6 Å². The van der Waals surface area contributed by atoms with Crippen LogP contribution in [0.5, 0.6) is 0 Å². The van der Waals surface area contributed by atoms with Crippen LogP contribution < -0.4 is 10.6 Å². The summed E-state index contributed by atoms with van der Waals surface area (Å²) in [5, 5.41) is 15.0. The summed E-state index contributed by atoms with van der Waals surface area (Å²) < 4.78 is 0. The van der Waals surface area contributed by atoms with Gasteiger partial charge in [0.05, 0.1) is 6.54 Å². The van der Waals surface area contributed by atoms with Gasteiger partial charge in [0.15, 0.2) is 0 Å². The van der Waals surface area contributed by atoms with E-state index < -0.39 is 5.97 Å². The molecule has 0 aromatic carbocycles. The van der Waals surface area contributed by atoms with Gasteiger partial charge in [-0.25, -0.2) is 4.79 Å². The number of hydrogen-bond donors (Lipinski definition) is 3. The SMILES string of the molecule is CCCC(=O)NCC1CCCN(C(=O)NC2CC(N(CC)CC(=O)O)C2)C1. The van der Waals surface area contributed by atoms with E-state index in [1.54, 1.807) is 0 Å². The normalized spacial score (nSPS) is 25.0. The number of rotatable bonds is 9. The van der Waals surface area contributed by atoms with Crippen molar-refractivity contribution in [1.29, 1.82) is 0 Å². The molecule has 1 saturated heterocycles. The van der Waals surface area contributed by atoms with Gasteiger partial charge in [-0.1, -0.05) is 13.8 Å². The Morgan fingerprint density at radius 2 is 1.96 bits per heavy atom. The number of likely N-dealkylation sites (tertiary alicyclic amines) is 1. The number of nitrogens with one attached hydrogen (secondary N) is 2. The number of carbonyl (C=O) groups excluding carboxylic acids is 2. The van der Waals surface area contributed by atoms with Crippen LogP contribution in [0.15, 0.2) is 0 Å². The van der Waals surface area contributed by atoms with Crippen LogP contribution >= 0.6 is 0 Å². The van der Waals surface area contributed by atoms with Crippen LogP contribution in [-0.4, -0.2) is 77.6 Å². The third-order valence-electron chi connectivity index (χ3n) is 5.57. The summed E-state index contributed by atoms with van der Waals surface area (Å²) in [6.07, 6.45) is 4.99. The number of amides is 3. The van der Waals surface area contributed by atoms with Gasteiger partial charge in [0.2, 0.25) is 5.91 Å². The molecule has 3 N–H and O–H groups in total. The summed E-state index contributed by atoms with van der Waals surface area (Å²) in [6.45, 7) is 6.76. The Labute approximate surface area is 161 Å². The quantitative estimate of drug-likeness (QED) is 0.557. The highest BCUT2D eigenvalue weighted by molar-refractivity contribution is 5.76. The van der Waals surface area contributed by atoms with Crippen molar-refractivity contribution in [3.05, 3.63) is 0 Å². The molecule has 0 spiro atoms. The minimum absolute atomic E-state index is 0.0377. The molecule has 8 heteroatoms.